The summed E-state index contributed by atoms with van der Waals surface area (Å²) >= 11 is 0. The molecule has 0 atom stereocenters. The van der Waals surface area contributed by atoms with Crippen molar-refractivity contribution in [2.75, 3.05) is 0 Å². The van der Waals surface area contributed by atoms with Crippen molar-refractivity contribution in [3.05, 3.63) is 0 Å². The van der Waals surface area contributed by atoms with Gasteiger partial charge in [-0.25, -0.2) is 0 Å². The van der Waals surface area contributed by atoms with Gasteiger partial charge in [-0.15, -0.1) is 0 Å². The van der Waals surface area contributed by atoms with Gasteiger partial charge in [0.25, 0.3) is 0 Å². The zero-order chi connectivity index (χ0) is 0. The first-order chi connectivity index (χ1) is 0. The van der Waals surface area contributed by atoms with Crippen molar-refractivity contribution in [3.63, 3.8) is 0 Å². The minimum absolute atomic E-state index is 0. The number of halogens is 5. The molecular formula is H2CeF5. The predicted molar refractivity (Wildman–Crippen MR) is 5.01 cm³/mol. The molecule has 0 aromatic carbocycles. The molecule has 0 aliphatic rings. The van der Waals surface area contributed by atoms with E-state index in [9.17, 15) is 0 Å². The van der Waals surface area contributed by atoms with E-state index in [1.807, 2.05) is 0 Å². The summed E-state index contributed by atoms with van der Waals surface area (Å²) < 4.78 is 0. The normalized spacial score (nSPS) is 0. The Labute approximate surface area is 64.9 Å². The molecule has 0 bridgehead atoms. The molecule has 0 nitrogen and oxygen atoms in total. The van der Waals surface area contributed by atoms with E-state index in [0.29, 0.717) is 0 Å². The number of hydrogen-bond donors (Lipinski definition) is 0. The third kappa shape index (κ3) is 77.3. The first-order valence-corrected chi connectivity index (χ1v) is 0. The van der Waals surface area contributed by atoms with E-state index in [4.69, 9.17) is 0 Å². The topological polar surface area (TPSA) is 0 Å². The minimum atomic E-state index is 0. The van der Waals surface area contributed by atoms with E-state index in [2.05, 4.69) is 0 Å². The van der Waals surface area contributed by atoms with E-state index in [1.165, 1.54) is 0 Å². The van der Waals surface area contributed by atoms with E-state index in [1.54, 1.807) is 0 Å². The Morgan fingerprint density at radius 1 is 0.500 bits per heavy atom. The van der Waals surface area contributed by atoms with Gasteiger partial charge >= 0.3 is 41.7 Å². The van der Waals surface area contributed by atoms with Crippen molar-refractivity contribution in [1.82, 2.24) is 0 Å². The summed E-state index contributed by atoms with van der Waals surface area (Å²) in [7, 11) is 0. The molecule has 0 spiro atoms. The van der Waals surface area contributed by atoms with Crippen molar-refractivity contribution in [3.8, 4) is 0 Å². The third-order valence-electron chi connectivity index (χ3n) is 0. The molecule has 0 aliphatic carbocycles. The third-order valence-corrected chi connectivity index (χ3v) is 0. The van der Waals surface area contributed by atoms with Crippen molar-refractivity contribution >= 4 is 0 Å². The SMILES string of the molecule is F.F.[Ce+3].[F-].[F-].[F-]. The maximum Gasteiger partial charge on any atom is 3.00 e. The van der Waals surface area contributed by atoms with Gasteiger partial charge in [0.05, 0.1) is 0 Å². The average Bonchev–Trinajstić information content (AvgIpc) is 0. The van der Waals surface area contributed by atoms with Gasteiger partial charge in [-0.2, -0.15) is 0 Å². The molecule has 1 radical (unpaired) electrons. The molecule has 6 heavy (non-hydrogen) atoms. The Kier molecular flexibility index (Phi) is 5830. The van der Waals surface area contributed by atoms with Crippen molar-refractivity contribution in [2.45, 2.75) is 0 Å². The molecule has 0 heterocycles. The molecule has 0 unspecified atom stereocenters. The van der Waals surface area contributed by atoms with E-state index < -0.39 is 0 Å². The van der Waals surface area contributed by atoms with Gasteiger partial charge in [-0.1, -0.05) is 0 Å². The molecular weight excluding hydrogens is 235 g/mol. The molecule has 0 aliphatic heterocycles. The fourth-order valence-corrected chi connectivity index (χ4v) is 0. The smallest absolute Gasteiger partial charge is 1.00 e. The fourth-order valence-electron chi connectivity index (χ4n) is 0. The summed E-state index contributed by atoms with van der Waals surface area (Å²) in [6.45, 7) is 0. The van der Waals surface area contributed by atoms with E-state index in [0.717, 1.165) is 0 Å². The summed E-state index contributed by atoms with van der Waals surface area (Å²) in [5.41, 5.74) is 0. The first-order valence-electron chi connectivity index (χ1n) is 0. The Morgan fingerprint density at radius 2 is 0.500 bits per heavy atom. The Morgan fingerprint density at radius 3 is 0.500 bits per heavy atom. The van der Waals surface area contributed by atoms with E-state index >= 15 is 0 Å². The number of rotatable bonds is 0. The van der Waals surface area contributed by atoms with Crippen LogP contribution >= 0.6 is 0 Å². The molecule has 0 aromatic rings. The van der Waals surface area contributed by atoms with Crippen molar-refractivity contribution in [2.24, 2.45) is 0 Å². The van der Waals surface area contributed by atoms with Crippen LogP contribution in [0, 0.1) is 41.7 Å². The van der Waals surface area contributed by atoms with Crippen LogP contribution in [0.1, 0.15) is 0 Å². The molecule has 0 rings (SSSR count). The zero-order valence-electron chi connectivity index (χ0n) is 2.45. The molecule has 41 valence electrons. The first kappa shape index (κ1) is 242. The Bertz CT molecular complexity index is 3.90. The van der Waals surface area contributed by atoms with Crippen LogP contribution in [0.4, 0.5) is 9.41 Å². The van der Waals surface area contributed by atoms with Gasteiger partial charge in [0.15, 0.2) is 0 Å². The number of hydrogen-bond acceptors (Lipinski definition) is 0. The summed E-state index contributed by atoms with van der Waals surface area (Å²) in [5, 5.41) is 0. The predicted octanol–water partition coefficient (Wildman–Crippen LogP) is -8.68. The second-order valence-electron chi connectivity index (χ2n) is 0. The largest absolute Gasteiger partial charge is 3.00 e. The zero-order valence-corrected chi connectivity index (χ0v) is 5.59. The quantitative estimate of drug-likeness (QED) is 0.367. The van der Waals surface area contributed by atoms with Crippen molar-refractivity contribution < 1.29 is 65.3 Å². The van der Waals surface area contributed by atoms with Crippen LogP contribution in [0.5, 0.6) is 0 Å². The van der Waals surface area contributed by atoms with Gasteiger partial charge < -0.3 is 14.1 Å². The maximum absolute atomic E-state index is 0. The second-order valence-corrected chi connectivity index (χ2v) is 0. The van der Waals surface area contributed by atoms with Crippen molar-refractivity contribution in [1.29, 1.82) is 0 Å². The monoisotopic (exact) mass is 237 g/mol. The molecule has 0 saturated heterocycles. The molecule has 0 aromatic heterocycles. The van der Waals surface area contributed by atoms with Crippen LogP contribution < -0.4 is 14.1 Å². The standard InChI is InChI=1S/Ce.5FH/h;5*1H/q+3;;;;;/p-3. The van der Waals surface area contributed by atoms with Crippen LogP contribution in [0.25, 0.3) is 0 Å². The maximum atomic E-state index is 0. The molecule has 6 heteroatoms. The van der Waals surface area contributed by atoms with E-state index in [-0.39, 0.29) is 65.3 Å². The summed E-state index contributed by atoms with van der Waals surface area (Å²) in [6, 6.07) is 0. The molecule has 0 amide bonds. The molecule has 0 N–H and O–H groups in total. The van der Waals surface area contributed by atoms with Gasteiger partial charge in [0.2, 0.25) is 0 Å². The van der Waals surface area contributed by atoms with Gasteiger partial charge in [-0.05, 0) is 0 Å². The van der Waals surface area contributed by atoms with Gasteiger partial charge in [0.1, 0.15) is 0 Å². The summed E-state index contributed by atoms with van der Waals surface area (Å²) in [4.78, 5) is 0. The molecule has 0 fully saturated rings. The Balaban J connectivity index is 0. The van der Waals surface area contributed by atoms with Crippen LogP contribution in [0.15, 0.2) is 0 Å². The van der Waals surface area contributed by atoms with Crippen LogP contribution in [-0.2, 0) is 0 Å². The van der Waals surface area contributed by atoms with Gasteiger partial charge in [-0.3, -0.25) is 9.41 Å². The van der Waals surface area contributed by atoms with Gasteiger partial charge in [0, 0.05) is 0 Å². The molecule has 0 saturated carbocycles. The van der Waals surface area contributed by atoms with Crippen LogP contribution in [0.3, 0.4) is 0 Å². The average molecular weight is 237 g/mol. The van der Waals surface area contributed by atoms with Crippen LogP contribution in [0.2, 0.25) is 0 Å². The summed E-state index contributed by atoms with van der Waals surface area (Å²) in [5.74, 6) is 0. The summed E-state index contributed by atoms with van der Waals surface area (Å²) in [6.07, 6.45) is 0. The van der Waals surface area contributed by atoms with Crippen LogP contribution in [-0.4, -0.2) is 0 Å². The minimum Gasteiger partial charge on any atom is -1.00 e. The second kappa shape index (κ2) is 144. The Hall–Kier alpha value is 1.03. The fraction of sp³-hybridized carbons (Fsp3) is 0.